The molecule has 1 unspecified atom stereocenters. The Morgan fingerprint density at radius 2 is 2.19 bits per heavy atom. The SMILES string of the molecule is CCC(COC)NC(=O)N(CC(=O)O)c1cccc(Cl)c1. The molecule has 6 nitrogen and oxygen atoms in total. The van der Waals surface area contributed by atoms with Crippen LogP contribution in [0.1, 0.15) is 13.3 Å². The summed E-state index contributed by atoms with van der Waals surface area (Å²) in [5.74, 6) is -1.11. The number of hydrogen-bond acceptors (Lipinski definition) is 3. The maximum Gasteiger partial charge on any atom is 0.323 e. The molecule has 1 atom stereocenters. The molecule has 21 heavy (non-hydrogen) atoms. The number of nitrogens with one attached hydrogen (secondary N) is 1. The number of carbonyl (C=O) groups is 2. The average Bonchev–Trinajstić information content (AvgIpc) is 2.43. The van der Waals surface area contributed by atoms with Crippen LogP contribution in [-0.2, 0) is 9.53 Å². The quantitative estimate of drug-likeness (QED) is 0.810. The molecule has 0 aliphatic carbocycles. The van der Waals surface area contributed by atoms with Crippen LogP contribution >= 0.6 is 11.6 Å². The first-order chi connectivity index (χ1) is 9.97. The van der Waals surface area contributed by atoms with Crippen LogP contribution in [0.3, 0.4) is 0 Å². The van der Waals surface area contributed by atoms with E-state index in [-0.39, 0.29) is 6.04 Å². The first-order valence-electron chi connectivity index (χ1n) is 6.52. The number of anilines is 1. The Kier molecular flexibility index (Phi) is 6.98. The maximum absolute atomic E-state index is 12.3. The molecule has 2 N–H and O–H groups in total. The lowest BCUT2D eigenvalue weighted by molar-refractivity contribution is -0.135. The van der Waals surface area contributed by atoms with Crippen molar-refractivity contribution in [2.24, 2.45) is 0 Å². The van der Waals surface area contributed by atoms with Crippen LogP contribution in [0.25, 0.3) is 0 Å². The van der Waals surface area contributed by atoms with Crippen molar-refractivity contribution < 1.29 is 19.4 Å². The van der Waals surface area contributed by atoms with Gasteiger partial charge in [-0.15, -0.1) is 0 Å². The molecular formula is C14H19ClN2O4. The van der Waals surface area contributed by atoms with Gasteiger partial charge in [-0.25, -0.2) is 4.79 Å². The van der Waals surface area contributed by atoms with E-state index in [0.717, 1.165) is 4.90 Å². The fraction of sp³-hybridized carbons (Fsp3) is 0.429. The molecule has 0 aliphatic heterocycles. The number of rotatable bonds is 7. The summed E-state index contributed by atoms with van der Waals surface area (Å²) >= 11 is 5.89. The maximum atomic E-state index is 12.3. The molecule has 1 rings (SSSR count). The fourth-order valence-corrected chi connectivity index (χ4v) is 1.96. The van der Waals surface area contributed by atoms with Crippen LogP contribution in [0.2, 0.25) is 5.02 Å². The van der Waals surface area contributed by atoms with Crippen LogP contribution in [0, 0.1) is 0 Å². The van der Waals surface area contributed by atoms with Crippen molar-refractivity contribution in [3.8, 4) is 0 Å². The van der Waals surface area contributed by atoms with Crippen molar-refractivity contribution in [1.29, 1.82) is 0 Å². The molecule has 0 heterocycles. The second-order valence-corrected chi connectivity index (χ2v) is 4.91. The molecule has 0 saturated heterocycles. The number of aliphatic carboxylic acids is 1. The first-order valence-corrected chi connectivity index (χ1v) is 6.90. The van der Waals surface area contributed by atoms with Crippen LogP contribution in [0.15, 0.2) is 24.3 Å². The van der Waals surface area contributed by atoms with Crippen molar-refractivity contribution in [2.45, 2.75) is 19.4 Å². The lowest BCUT2D eigenvalue weighted by atomic mass is 10.2. The smallest absolute Gasteiger partial charge is 0.323 e. The Hall–Kier alpha value is -1.79. The number of methoxy groups -OCH3 is 1. The normalized spacial score (nSPS) is 11.8. The van der Waals surface area contributed by atoms with E-state index in [1.807, 2.05) is 6.92 Å². The van der Waals surface area contributed by atoms with E-state index in [0.29, 0.717) is 23.7 Å². The Balaban J connectivity index is 2.91. The first kappa shape index (κ1) is 17.3. The van der Waals surface area contributed by atoms with Gasteiger partial charge in [0.2, 0.25) is 0 Å². The van der Waals surface area contributed by atoms with Crippen LogP contribution in [-0.4, -0.2) is 43.4 Å². The van der Waals surface area contributed by atoms with Gasteiger partial charge < -0.3 is 15.2 Å². The largest absolute Gasteiger partial charge is 0.480 e. The third kappa shape index (κ3) is 5.61. The predicted octanol–water partition coefficient (Wildman–Crippen LogP) is 2.37. The molecule has 0 aromatic heterocycles. The van der Waals surface area contributed by atoms with Crippen LogP contribution < -0.4 is 10.2 Å². The zero-order valence-electron chi connectivity index (χ0n) is 12.0. The monoisotopic (exact) mass is 314 g/mol. The summed E-state index contributed by atoms with van der Waals surface area (Å²) in [6.45, 7) is 1.82. The zero-order valence-corrected chi connectivity index (χ0v) is 12.8. The van der Waals surface area contributed by atoms with E-state index in [1.165, 1.54) is 0 Å². The van der Waals surface area contributed by atoms with E-state index in [4.69, 9.17) is 21.4 Å². The van der Waals surface area contributed by atoms with Crippen molar-refractivity contribution in [2.75, 3.05) is 25.2 Å². The van der Waals surface area contributed by atoms with Gasteiger partial charge in [0.1, 0.15) is 6.54 Å². The Bertz CT molecular complexity index is 496. The van der Waals surface area contributed by atoms with E-state index in [2.05, 4.69) is 5.32 Å². The zero-order chi connectivity index (χ0) is 15.8. The molecule has 0 saturated carbocycles. The van der Waals surface area contributed by atoms with Gasteiger partial charge in [-0.05, 0) is 24.6 Å². The summed E-state index contributed by atoms with van der Waals surface area (Å²) in [6.07, 6.45) is 0.677. The lowest BCUT2D eigenvalue weighted by Crippen LogP contribution is -2.48. The summed E-state index contributed by atoms with van der Waals surface area (Å²) in [7, 11) is 1.54. The highest BCUT2D eigenvalue weighted by molar-refractivity contribution is 6.30. The van der Waals surface area contributed by atoms with Crippen molar-refractivity contribution >= 4 is 29.3 Å². The van der Waals surface area contributed by atoms with Gasteiger partial charge in [0, 0.05) is 17.8 Å². The van der Waals surface area contributed by atoms with Crippen molar-refractivity contribution in [3.63, 3.8) is 0 Å². The van der Waals surface area contributed by atoms with Gasteiger partial charge in [0.15, 0.2) is 0 Å². The molecule has 0 spiro atoms. The van der Waals surface area contributed by atoms with E-state index >= 15 is 0 Å². The van der Waals surface area contributed by atoms with Gasteiger partial charge in [-0.2, -0.15) is 0 Å². The highest BCUT2D eigenvalue weighted by Gasteiger charge is 2.21. The molecule has 0 aliphatic rings. The lowest BCUT2D eigenvalue weighted by Gasteiger charge is -2.24. The second kappa shape index (κ2) is 8.49. The molecule has 1 aromatic carbocycles. The number of halogens is 1. The van der Waals surface area contributed by atoms with Gasteiger partial charge in [-0.3, -0.25) is 9.69 Å². The minimum atomic E-state index is -1.11. The van der Waals surface area contributed by atoms with E-state index in [9.17, 15) is 9.59 Å². The van der Waals surface area contributed by atoms with Gasteiger partial charge in [0.25, 0.3) is 0 Å². The average molecular weight is 315 g/mol. The number of carbonyl (C=O) groups excluding carboxylic acids is 1. The van der Waals surface area contributed by atoms with Crippen LogP contribution in [0.4, 0.5) is 10.5 Å². The number of carboxylic acids is 1. The topological polar surface area (TPSA) is 78.9 Å². The molecular weight excluding hydrogens is 296 g/mol. The number of benzene rings is 1. The number of amides is 2. The molecule has 0 radical (unpaired) electrons. The Labute approximate surface area is 128 Å². The summed E-state index contributed by atoms with van der Waals surface area (Å²) in [4.78, 5) is 24.4. The van der Waals surface area contributed by atoms with Gasteiger partial charge in [0.05, 0.1) is 12.6 Å². The fourth-order valence-electron chi connectivity index (χ4n) is 1.77. The third-order valence-corrected chi connectivity index (χ3v) is 3.08. The number of ether oxygens (including phenoxy) is 1. The highest BCUT2D eigenvalue weighted by atomic mass is 35.5. The molecule has 7 heteroatoms. The molecule has 2 amide bonds. The molecule has 116 valence electrons. The molecule has 0 bridgehead atoms. The standard InChI is InChI=1S/C14H19ClN2O4/c1-3-11(9-21-2)16-14(20)17(8-13(18)19)12-6-4-5-10(15)7-12/h4-7,11H,3,8-9H2,1-2H3,(H,16,20)(H,18,19). The number of urea groups is 1. The number of nitrogens with zero attached hydrogens (tertiary/aromatic N) is 1. The summed E-state index contributed by atoms with van der Waals surface area (Å²) in [6, 6.07) is 5.81. The minimum absolute atomic E-state index is 0.182. The van der Waals surface area contributed by atoms with Crippen molar-refractivity contribution in [3.05, 3.63) is 29.3 Å². The van der Waals surface area contributed by atoms with Gasteiger partial charge >= 0.3 is 12.0 Å². The summed E-state index contributed by atoms with van der Waals surface area (Å²) in [5.41, 5.74) is 0.426. The second-order valence-electron chi connectivity index (χ2n) is 4.47. The number of hydrogen-bond donors (Lipinski definition) is 2. The van der Waals surface area contributed by atoms with E-state index < -0.39 is 18.5 Å². The highest BCUT2D eigenvalue weighted by Crippen LogP contribution is 2.19. The minimum Gasteiger partial charge on any atom is -0.480 e. The van der Waals surface area contributed by atoms with Gasteiger partial charge in [-0.1, -0.05) is 24.6 Å². The molecule has 0 fully saturated rings. The Morgan fingerprint density at radius 1 is 1.48 bits per heavy atom. The number of carboxylic acid groups (broad SMARTS) is 1. The van der Waals surface area contributed by atoms with Crippen molar-refractivity contribution in [1.82, 2.24) is 5.32 Å². The summed E-state index contributed by atoms with van der Waals surface area (Å²) in [5, 5.41) is 12.2. The van der Waals surface area contributed by atoms with Crippen LogP contribution in [0.5, 0.6) is 0 Å². The van der Waals surface area contributed by atoms with E-state index in [1.54, 1.807) is 31.4 Å². The predicted molar refractivity (Wildman–Crippen MR) is 80.9 cm³/mol. The molecule has 1 aromatic rings. The summed E-state index contributed by atoms with van der Waals surface area (Å²) < 4.78 is 5.01. The third-order valence-electron chi connectivity index (χ3n) is 2.85. The Morgan fingerprint density at radius 3 is 2.71 bits per heavy atom.